The zero-order chi connectivity index (χ0) is 17.6. The molecule has 0 radical (unpaired) electrons. The second-order valence-electron chi connectivity index (χ2n) is 5.51. The summed E-state index contributed by atoms with van der Waals surface area (Å²) in [5, 5.41) is 9.19. The number of thioether (sulfide) groups is 1. The summed E-state index contributed by atoms with van der Waals surface area (Å²) in [6, 6.07) is 8.51. The number of hydrogen-bond acceptors (Lipinski definition) is 6. The number of amides is 1. The van der Waals surface area contributed by atoms with Crippen LogP contribution in [-0.2, 0) is 4.79 Å². The Bertz CT molecular complexity index is 755. The molecule has 0 unspecified atom stereocenters. The van der Waals surface area contributed by atoms with Crippen LogP contribution in [0.3, 0.4) is 0 Å². The third-order valence-electron chi connectivity index (χ3n) is 3.94. The lowest BCUT2D eigenvalue weighted by Crippen LogP contribution is -2.49. The van der Waals surface area contributed by atoms with E-state index in [0.717, 1.165) is 0 Å². The molecule has 2 heterocycles. The highest BCUT2D eigenvalue weighted by Gasteiger charge is 2.22. The van der Waals surface area contributed by atoms with Gasteiger partial charge in [0.1, 0.15) is 0 Å². The highest BCUT2D eigenvalue weighted by molar-refractivity contribution is 8.00. The minimum atomic E-state index is -0.980. The van der Waals surface area contributed by atoms with Gasteiger partial charge in [0.25, 0.3) is 0 Å². The lowest BCUT2D eigenvalue weighted by molar-refractivity contribution is -0.128. The number of carboxylic acids is 1. The molecule has 0 spiro atoms. The average Bonchev–Trinajstić information content (AvgIpc) is 2.67. The number of carbonyl (C=O) groups excluding carboxylic acids is 1. The molecule has 1 aliphatic heterocycles. The van der Waals surface area contributed by atoms with Crippen molar-refractivity contribution < 1.29 is 14.7 Å². The van der Waals surface area contributed by atoms with E-state index in [0.29, 0.717) is 37.0 Å². The number of carboxylic acid groups (broad SMARTS) is 1. The van der Waals surface area contributed by atoms with Crippen LogP contribution in [0.15, 0.2) is 47.6 Å². The van der Waals surface area contributed by atoms with Crippen molar-refractivity contribution in [3.05, 3.63) is 48.3 Å². The Labute approximate surface area is 161 Å². The molecule has 0 aliphatic carbocycles. The van der Waals surface area contributed by atoms with Crippen molar-refractivity contribution in [2.45, 2.75) is 4.90 Å². The van der Waals surface area contributed by atoms with E-state index >= 15 is 0 Å². The van der Waals surface area contributed by atoms with Crippen molar-refractivity contribution in [1.29, 1.82) is 0 Å². The number of aromatic carboxylic acids is 1. The summed E-state index contributed by atoms with van der Waals surface area (Å²) in [5.41, 5.74) is 0.228. The van der Waals surface area contributed by atoms with Crippen LogP contribution in [0.5, 0.6) is 0 Å². The Hall–Kier alpha value is -2.32. The fraction of sp³-hybridized carbons (Fsp3) is 0.294. The van der Waals surface area contributed by atoms with Crippen molar-refractivity contribution in [2.75, 3.05) is 36.8 Å². The lowest BCUT2D eigenvalue weighted by Gasteiger charge is -2.34. The molecule has 7 nitrogen and oxygen atoms in total. The average molecular weight is 395 g/mol. The summed E-state index contributed by atoms with van der Waals surface area (Å²) >= 11 is 1.26. The normalized spacial score (nSPS) is 13.8. The van der Waals surface area contributed by atoms with Crippen LogP contribution >= 0.6 is 24.2 Å². The Morgan fingerprint density at radius 2 is 1.69 bits per heavy atom. The van der Waals surface area contributed by atoms with Gasteiger partial charge >= 0.3 is 5.97 Å². The predicted molar refractivity (Wildman–Crippen MR) is 102 cm³/mol. The third kappa shape index (κ3) is 4.86. The molecule has 0 saturated carbocycles. The van der Waals surface area contributed by atoms with E-state index in [-0.39, 0.29) is 29.6 Å². The quantitative estimate of drug-likeness (QED) is 0.776. The monoisotopic (exact) mass is 394 g/mol. The zero-order valence-corrected chi connectivity index (χ0v) is 15.6. The van der Waals surface area contributed by atoms with Crippen LogP contribution in [0.25, 0.3) is 0 Å². The Kier molecular flexibility index (Phi) is 7.23. The van der Waals surface area contributed by atoms with Gasteiger partial charge in [0, 0.05) is 43.5 Å². The van der Waals surface area contributed by atoms with Crippen LogP contribution in [-0.4, -0.2) is 63.8 Å². The molecule has 1 N–H and O–H groups in total. The van der Waals surface area contributed by atoms with Crippen LogP contribution in [0.1, 0.15) is 10.4 Å². The predicted octanol–water partition coefficient (Wildman–Crippen LogP) is 2.04. The topological polar surface area (TPSA) is 86.6 Å². The minimum absolute atomic E-state index is 0. The number of rotatable bonds is 5. The smallest absolute Gasteiger partial charge is 0.336 e. The molecule has 1 fully saturated rings. The van der Waals surface area contributed by atoms with Gasteiger partial charge in [-0.3, -0.25) is 4.79 Å². The molecule has 1 aromatic carbocycles. The maximum Gasteiger partial charge on any atom is 0.336 e. The molecule has 2 aromatic rings. The molecule has 1 amide bonds. The molecule has 0 atom stereocenters. The van der Waals surface area contributed by atoms with Gasteiger partial charge in [-0.25, -0.2) is 14.8 Å². The summed E-state index contributed by atoms with van der Waals surface area (Å²) in [4.78, 5) is 36.5. The van der Waals surface area contributed by atoms with E-state index in [1.807, 2.05) is 0 Å². The molecule has 9 heteroatoms. The first-order valence-electron chi connectivity index (χ1n) is 7.90. The highest BCUT2D eigenvalue weighted by Crippen LogP contribution is 2.23. The van der Waals surface area contributed by atoms with E-state index in [4.69, 9.17) is 0 Å². The SMILES string of the molecule is Cl.O=C(O)c1ccccc1SCC(=O)N1CCN(c2ncccn2)CC1. The first-order valence-corrected chi connectivity index (χ1v) is 8.88. The Balaban J connectivity index is 0.00000243. The largest absolute Gasteiger partial charge is 0.478 e. The van der Waals surface area contributed by atoms with E-state index in [1.165, 1.54) is 11.8 Å². The summed E-state index contributed by atoms with van der Waals surface area (Å²) in [6.07, 6.45) is 3.41. The van der Waals surface area contributed by atoms with E-state index in [2.05, 4.69) is 14.9 Å². The summed E-state index contributed by atoms with van der Waals surface area (Å²) < 4.78 is 0. The summed E-state index contributed by atoms with van der Waals surface area (Å²) in [6.45, 7) is 2.59. The van der Waals surface area contributed by atoms with Crippen molar-refractivity contribution in [3.8, 4) is 0 Å². The van der Waals surface area contributed by atoms with E-state index in [1.54, 1.807) is 47.6 Å². The van der Waals surface area contributed by atoms with Crippen molar-refractivity contribution in [3.63, 3.8) is 0 Å². The second kappa shape index (κ2) is 9.40. The maximum absolute atomic E-state index is 12.4. The fourth-order valence-electron chi connectivity index (χ4n) is 2.61. The molecular formula is C17H19ClN4O3S. The van der Waals surface area contributed by atoms with Gasteiger partial charge < -0.3 is 14.9 Å². The highest BCUT2D eigenvalue weighted by atomic mass is 35.5. The molecule has 138 valence electrons. The number of aromatic nitrogens is 2. The first-order chi connectivity index (χ1) is 12.1. The van der Waals surface area contributed by atoms with Crippen LogP contribution in [0.2, 0.25) is 0 Å². The molecule has 26 heavy (non-hydrogen) atoms. The van der Waals surface area contributed by atoms with Gasteiger partial charge in [-0.1, -0.05) is 12.1 Å². The Morgan fingerprint density at radius 1 is 1.04 bits per heavy atom. The molecule has 1 aliphatic rings. The zero-order valence-electron chi connectivity index (χ0n) is 13.9. The number of hydrogen-bond donors (Lipinski definition) is 1. The van der Waals surface area contributed by atoms with Gasteiger partial charge in [0.2, 0.25) is 11.9 Å². The lowest BCUT2D eigenvalue weighted by atomic mass is 10.2. The van der Waals surface area contributed by atoms with Crippen molar-refractivity contribution in [1.82, 2.24) is 14.9 Å². The van der Waals surface area contributed by atoms with Gasteiger partial charge in [-0.05, 0) is 18.2 Å². The summed E-state index contributed by atoms with van der Waals surface area (Å²) in [7, 11) is 0. The van der Waals surface area contributed by atoms with Crippen molar-refractivity contribution in [2.24, 2.45) is 0 Å². The molecule has 1 aromatic heterocycles. The number of benzene rings is 1. The van der Waals surface area contributed by atoms with Gasteiger partial charge in [0.05, 0.1) is 11.3 Å². The number of halogens is 1. The number of carbonyl (C=O) groups is 2. The van der Waals surface area contributed by atoms with Crippen LogP contribution in [0, 0.1) is 0 Å². The van der Waals surface area contributed by atoms with Crippen LogP contribution < -0.4 is 4.90 Å². The first kappa shape index (κ1) is 20.0. The van der Waals surface area contributed by atoms with Gasteiger partial charge in [-0.15, -0.1) is 24.2 Å². The Morgan fingerprint density at radius 3 is 2.35 bits per heavy atom. The van der Waals surface area contributed by atoms with Crippen molar-refractivity contribution >= 4 is 42.0 Å². The van der Waals surface area contributed by atoms with Gasteiger partial charge in [-0.2, -0.15) is 0 Å². The second-order valence-corrected chi connectivity index (χ2v) is 6.52. The standard InChI is InChI=1S/C17H18N4O3S.ClH/c22-15(12-25-14-5-2-1-4-13(14)16(23)24)20-8-10-21(11-9-20)17-18-6-3-7-19-17;/h1-7H,8-12H2,(H,23,24);1H. The maximum atomic E-state index is 12.4. The van der Waals surface area contributed by atoms with Gasteiger partial charge in [0.15, 0.2) is 0 Å². The number of anilines is 1. The minimum Gasteiger partial charge on any atom is -0.478 e. The number of piperazine rings is 1. The molecule has 1 saturated heterocycles. The van der Waals surface area contributed by atoms with Crippen LogP contribution in [0.4, 0.5) is 5.95 Å². The van der Waals surface area contributed by atoms with E-state index in [9.17, 15) is 14.7 Å². The summed E-state index contributed by atoms with van der Waals surface area (Å²) in [5.74, 6) is -0.0585. The van der Waals surface area contributed by atoms with E-state index < -0.39 is 5.97 Å². The molecular weight excluding hydrogens is 376 g/mol. The number of nitrogens with zero attached hydrogens (tertiary/aromatic N) is 4. The molecule has 0 bridgehead atoms. The molecule has 3 rings (SSSR count). The third-order valence-corrected chi connectivity index (χ3v) is 4.99. The fourth-order valence-corrected chi connectivity index (χ4v) is 3.56.